The van der Waals surface area contributed by atoms with Gasteiger partial charge in [-0.15, -0.1) is 0 Å². The Hall–Kier alpha value is -1.97. The zero-order valence-electron chi connectivity index (χ0n) is 13.4. The molecule has 4 heteroatoms. The summed E-state index contributed by atoms with van der Waals surface area (Å²) < 4.78 is 5.80. The van der Waals surface area contributed by atoms with Gasteiger partial charge in [-0.3, -0.25) is 0 Å². The number of allylic oxidation sites excluding steroid dienone is 2. The van der Waals surface area contributed by atoms with E-state index in [9.17, 15) is 4.79 Å². The van der Waals surface area contributed by atoms with Crippen molar-refractivity contribution in [1.82, 2.24) is 10.2 Å². The maximum Gasteiger partial charge on any atom is 0.317 e. The van der Waals surface area contributed by atoms with Crippen LogP contribution in [0.1, 0.15) is 18.4 Å². The number of fused-ring (bicyclic) bond motifs is 2. The van der Waals surface area contributed by atoms with Crippen LogP contribution in [0.2, 0.25) is 0 Å². The SMILES string of the molecule is O=C(NC[C@@H]1COc2ccccc2C1)N1C[C@H]2CC=CC[C@@H]2C1. The van der Waals surface area contributed by atoms with Crippen molar-refractivity contribution < 1.29 is 9.53 Å². The van der Waals surface area contributed by atoms with Crippen LogP contribution in [0.5, 0.6) is 5.75 Å². The summed E-state index contributed by atoms with van der Waals surface area (Å²) in [6.07, 6.45) is 7.76. The van der Waals surface area contributed by atoms with Crippen LogP contribution in [0.15, 0.2) is 36.4 Å². The molecule has 1 saturated heterocycles. The van der Waals surface area contributed by atoms with Gasteiger partial charge in [-0.1, -0.05) is 30.4 Å². The number of carbonyl (C=O) groups excluding carboxylic acids is 1. The number of rotatable bonds is 2. The lowest BCUT2D eigenvalue weighted by molar-refractivity contribution is 0.192. The molecule has 0 unspecified atom stereocenters. The molecule has 23 heavy (non-hydrogen) atoms. The highest BCUT2D eigenvalue weighted by Gasteiger charge is 2.35. The topological polar surface area (TPSA) is 41.6 Å². The highest BCUT2D eigenvalue weighted by Crippen LogP contribution is 2.32. The van der Waals surface area contributed by atoms with Crippen molar-refractivity contribution in [2.24, 2.45) is 17.8 Å². The number of nitrogens with zero attached hydrogens (tertiary/aromatic N) is 1. The van der Waals surface area contributed by atoms with Crippen LogP contribution in [0, 0.1) is 17.8 Å². The number of amides is 2. The van der Waals surface area contributed by atoms with Gasteiger partial charge in [-0.25, -0.2) is 4.79 Å². The number of nitrogens with one attached hydrogen (secondary N) is 1. The summed E-state index contributed by atoms with van der Waals surface area (Å²) in [4.78, 5) is 14.4. The number of hydrogen-bond acceptors (Lipinski definition) is 2. The Morgan fingerprint density at radius 3 is 2.70 bits per heavy atom. The highest BCUT2D eigenvalue weighted by molar-refractivity contribution is 5.74. The third-order valence-electron chi connectivity index (χ3n) is 5.41. The summed E-state index contributed by atoms with van der Waals surface area (Å²) in [5.41, 5.74) is 1.25. The number of ether oxygens (including phenoxy) is 1. The second kappa shape index (κ2) is 6.26. The second-order valence-electron chi connectivity index (χ2n) is 7.04. The normalized spacial score (nSPS) is 28.7. The third-order valence-corrected chi connectivity index (χ3v) is 5.41. The van der Waals surface area contributed by atoms with Crippen molar-refractivity contribution in [2.45, 2.75) is 19.3 Å². The van der Waals surface area contributed by atoms with Crippen molar-refractivity contribution in [1.29, 1.82) is 0 Å². The van der Waals surface area contributed by atoms with Crippen LogP contribution in [-0.4, -0.2) is 37.2 Å². The average Bonchev–Trinajstić information content (AvgIpc) is 3.04. The van der Waals surface area contributed by atoms with E-state index in [0.717, 1.165) is 38.1 Å². The summed E-state index contributed by atoms with van der Waals surface area (Å²) in [7, 11) is 0. The first kappa shape index (κ1) is 14.6. The van der Waals surface area contributed by atoms with E-state index in [1.807, 2.05) is 23.1 Å². The highest BCUT2D eigenvalue weighted by atomic mass is 16.5. The van der Waals surface area contributed by atoms with Gasteiger partial charge in [0, 0.05) is 25.6 Å². The fourth-order valence-electron chi connectivity index (χ4n) is 4.05. The van der Waals surface area contributed by atoms with Crippen molar-refractivity contribution in [3.05, 3.63) is 42.0 Å². The van der Waals surface area contributed by atoms with E-state index >= 15 is 0 Å². The summed E-state index contributed by atoms with van der Waals surface area (Å²) in [6.45, 7) is 3.19. The van der Waals surface area contributed by atoms with E-state index in [2.05, 4.69) is 23.5 Å². The molecule has 0 bridgehead atoms. The second-order valence-corrected chi connectivity index (χ2v) is 7.04. The minimum atomic E-state index is 0.0956. The standard InChI is InChI=1S/C19H24N2O2/c22-19(21-11-16-6-1-2-7-17(16)12-21)20-10-14-9-15-5-3-4-8-18(15)23-13-14/h1-5,8,14,16-17H,6-7,9-13H2,(H,20,22)/t14-,16-,17-/m1/s1. The Balaban J connectivity index is 1.28. The zero-order chi connectivity index (χ0) is 15.6. The van der Waals surface area contributed by atoms with E-state index in [-0.39, 0.29) is 6.03 Å². The van der Waals surface area contributed by atoms with Crippen molar-refractivity contribution in [3.8, 4) is 5.75 Å². The van der Waals surface area contributed by atoms with Gasteiger partial charge in [-0.05, 0) is 42.7 Å². The fraction of sp³-hybridized carbons (Fsp3) is 0.526. The van der Waals surface area contributed by atoms with E-state index in [1.165, 1.54) is 5.56 Å². The molecule has 1 fully saturated rings. The molecular weight excluding hydrogens is 288 g/mol. The molecule has 0 saturated carbocycles. The number of likely N-dealkylation sites (tertiary alicyclic amines) is 1. The fourth-order valence-corrected chi connectivity index (χ4v) is 4.05. The molecule has 1 aromatic carbocycles. The van der Waals surface area contributed by atoms with Gasteiger partial charge < -0.3 is 15.0 Å². The Bertz CT molecular complexity index is 597. The number of urea groups is 1. The van der Waals surface area contributed by atoms with E-state index in [4.69, 9.17) is 4.74 Å². The van der Waals surface area contributed by atoms with Gasteiger partial charge in [0.05, 0.1) is 6.61 Å². The van der Waals surface area contributed by atoms with Gasteiger partial charge in [0.25, 0.3) is 0 Å². The molecule has 0 spiro atoms. The van der Waals surface area contributed by atoms with Crippen LogP contribution in [0.4, 0.5) is 4.79 Å². The number of carbonyl (C=O) groups is 1. The third kappa shape index (κ3) is 3.07. The van der Waals surface area contributed by atoms with E-state index in [0.29, 0.717) is 30.9 Å². The van der Waals surface area contributed by atoms with Gasteiger partial charge in [0.1, 0.15) is 5.75 Å². The first-order valence-electron chi connectivity index (χ1n) is 8.68. The molecule has 1 aliphatic carbocycles. The first-order valence-corrected chi connectivity index (χ1v) is 8.68. The average molecular weight is 312 g/mol. The van der Waals surface area contributed by atoms with E-state index in [1.54, 1.807) is 0 Å². The Kier molecular flexibility index (Phi) is 3.98. The predicted octanol–water partition coefficient (Wildman–Crippen LogP) is 2.85. The van der Waals surface area contributed by atoms with Crippen molar-refractivity contribution >= 4 is 6.03 Å². The van der Waals surface area contributed by atoms with Crippen LogP contribution in [0.3, 0.4) is 0 Å². The van der Waals surface area contributed by atoms with Crippen LogP contribution < -0.4 is 10.1 Å². The van der Waals surface area contributed by atoms with Crippen molar-refractivity contribution in [2.75, 3.05) is 26.2 Å². The summed E-state index contributed by atoms with van der Waals surface area (Å²) in [6, 6.07) is 8.27. The van der Waals surface area contributed by atoms with Crippen molar-refractivity contribution in [3.63, 3.8) is 0 Å². The molecule has 1 N–H and O–H groups in total. The molecule has 2 heterocycles. The zero-order valence-corrected chi connectivity index (χ0v) is 13.4. The molecule has 4 rings (SSSR count). The summed E-state index contributed by atoms with van der Waals surface area (Å²) in [5.74, 6) is 2.68. The summed E-state index contributed by atoms with van der Waals surface area (Å²) in [5, 5.41) is 3.12. The Morgan fingerprint density at radius 2 is 1.91 bits per heavy atom. The van der Waals surface area contributed by atoms with E-state index < -0.39 is 0 Å². The predicted molar refractivity (Wildman–Crippen MR) is 89.5 cm³/mol. The smallest absolute Gasteiger partial charge is 0.317 e. The molecule has 4 nitrogen and oxygen atoms in total. The molecule has 0 radical (unpaired) electrons. The molecule has 2 aliphatic heterocycles. The molecule has 1 aromatic rings. The summed E-state index contributed by atoms with van der Waals surface area (Å²) >= 11 is 0. The van der Waals surface area contributed by atoms with Gasteiger partial charge in [-0.2, -0.15) is 0 Å². The molecule has 2 amide bonds. The lowest BCUT2D eigenvalue weighted by Gasteiger charge is -2.26. The quantitative estimate of drug-likeness (QED) is 0.853. The minimum Gasteiger partial charge on any atom is -0.493 e. The molecule has 0 aromatic heterocycles. The largest absolute Gasteiger partial charge is 0.493 e. The Morgan fingerprint density at radius 1 is 1.17 bits per heavy atom. The number of hydrogen-bond donors (Lipinski definition) is 1. The first-order chi connectivity index (χ1) is 11.3. The lowest BCUT2D eigenvalue weighted by atomic mass is 9.86. The molecule has 3 atom stereocenters. The maximum atomic E-state index is 12.4. The van der Waals surface area contributed by atoms with Crippen LogP contribution in [-0.2, 0) is 6.42 Å². The monoisotopic (exact) mass is 312 g/mol. The van der Waals surface area contributed by atoms with Gasteiger partial charge in [0.2, 0.25) is 0 Å². The molecular formula is C19H24N2O2. The lowest BCUT2D eigenvalue weighted by Crippen LogP contribution is -2.42. The van der Waals surface area contributed by atoms with Gasteiger partial charge in [0.15, 0.2) is 0 Å². The van der Waals surface area contributed by atoms with Crippen LogP contribution in [0.25, 0.3) is 0 Å². The Labute approximate surface area is 137 Å². The molecule has 3 aliphatic rings. The van der Waals surface area contributed by atoms with Gasteiger partial charge >= 0.3 is 6.03 Å². The minimum absolute atomic E-state index is 0.0956. The maximum absolute atomic E-state index is 12.4. The number of benzene rings is 1. The number of para-hydroxylation sites is 1. The molecule has 122 valence electrons. The van der Waals surface area contributed by atoms with Crippen LogP contribution >= 0.6 is 0 Å².